The number of rotatable bonds is 21. The largest absolute Gasteiger partial charge is 0.509 e. The first kappa shape index (κ1) is 45.7. The van der Waals surface area contributed by atoms with E-state index in [0.717, 1.165) is 48.3 Å². The molecule has 0 saturated carbocycles. The molecule has 51 heavy (non-hydrogen) atoms. The summed E-state index contributed by atoms with van der Waals surface area (Å²) in [6, 6.07) is 15.6. The number of hydrogen-bond donors (Lipinski definition) is 1. The normalized spacial score (nSPS) is 15.0. The van der Waals surface area contributed by atoms with Gasteiger partial charge in [0, 0.05) is 11.8 Å². The highest BCUT2D eigenvalue weighted by molar-refractivity contribution is 5.61. The molecule has 288 valence electrons. The Balaban J connectivity index is 0.000000530. The van der Waals surface area contributed by atoms with E-state index in [2.05, 4.69) is 40.9 Å². The van der Waals surface area contributed by atoms with E-state index in [1.807, 2.05) is 83.1 Å². The summed E-state index contributed by atoms with van der Waals surface area (Å²) in [6.07, 6.45) is 5.33. The van der Waals surface area contributed by atoms with Gasteiger partial charge in [0.2, 0.25) is 0 Å². The molecule has 0 aliphatic carbocycles. The van der Waals surface area contributed by atoms with Crippen molar-refractivity contribution in [3.05, 3.63) is 85.0 Å². The van der Waals surface area contributed by atoms with Gasteiger partial charge in [0.1, 0.15) is 23.2 Å². The molecule has 0 bridgehead atoms. The first-order chi connectivity index (χ1) is 24.0. The Morgan fingerprint density at radius 3 is 1.45 bits per heavy atom. The topological polar surface area (TPSA) is 92.7 Å². The summed E-state index contributed by atoms with van der Waals surface area (Å²) in [4.78, 5) is 12.2. The van der Waals surface area contributed by atoms with Crippen LogP contribution in [0.5, 0.6) is 11.5 Å². The Kier molecular flexibility index (Phi) is 21.5. The number of aliphatic hydroxyl groups excluding tert-OH is 1. The molecule has 0 aromatic heterocycles. The van der Waals surface area contributed by atoms with Crippen LogP contribution in [0.15, 0.2) is 73.8 Å². The predicted octanol–water partition coefficient (Wildman–Crippen LogP) is 10.4. The van der Waals surface area contributed by atoms with E-state index >= 15 is 0 Å². The Hall–Kier alpha value is -3.33. The van der Waals surface area contributed by atoms with Gasteiger partial charge in [0.15, 0.2) is 0 Å². The van der Waals surface area contributed by atoms with Gasteiger partial charge in [0.25, 0.3) is 0 Å². The molecule has 0 aliphatic rings. The summed E-state index contributed by atoms with van der Waals surface area (Å²) >= 11 is 0. The third kappa shape index (κ3) is 19.2. The zero-order chi connectivity index (χ0) is 38.6. The minimum Gasteiger partial charge on any atom is -0.497 e. The van der Waals surface area contributed by atoms with Crippen molar-refractivity contribution in [2.45, 2.75) is 131 Å². The Bertz CT molecular complexity index is 1230. The average molecular weight is 713 g/mol. The van der Waals surface area contributed by atoms with Crippen LogP contribution in [-0.4, -0.2) is 55.5 Å². The lowest BCUT2D eigenvalue weighted by atomic mass is 9.89. The quantitative estimate of drug-likeness (QED) is 0.101. The fraction of sp³-hybridized carbons (Fsp3) is 0.605. The monoisotopic (exact) mass is 712 g/mol. The molecule has 0 amide bonds. The van der Waals surface area contributed by atoms with Crippen LogP contribution in [-0.2, 0) is 32.2 Å². The van der Waals surface area contributed by atoms with Crippen molar-refractivity contribution < 1.29 is 38.3 Å². The van der Waals surface area contributed by atoms with Crippen molar-refractivity contribution >= 4 is 6.16 Å². The molecule has 0 spiro atoms. The maximum atomic E-state index is 12.2. The summed E-state index contributed by atoms with van der Waals surface area (Å²) in [6.45, 7) is 26.8. The van der Waals surface area contributed by atoms with E-state index in [0.29, 0.717) is 25.0 Å². The van der Waals surface area contributed by atoms with Crippen molar-refractivity contribution in [2.24, 2.45) is 23.7 Å². The second-order valence-electron chi connectivity index (χ2n) is 15.0. The molecule has 8 heteroatoms. The van der Waals surface area contributed by atoms with Gasteiger partial charge in [0.05, 0.1) is 45.7 Å². The van der Waals surface area contributed by atoms with Crippen molar-refractivity contribution in [2.75, 3.05) is 14.2 Å². The molecule has 0 saturated heterocycles. The van der Waals surface area contributed by atoms with Crippen molar-refractivity contribution in [3.63, 3.8) is 0 Å². The average Bonchev–Trinajstić information content (AvgIpc) is 3.08. The van der Waals surface area contributed by atoms with E-state index in [1.54, 1.807) is 26.4 Å². The molecule has 0 aliphatic heterocycles. The lowest BCUT2D eigenvalue weighted by Crippen LogP contribution is -2.36. The van der Waals surface area contributed by atoms with Crippen LogP contribution in [0.4, 0.5) is 4.79 Å². The minimum atomic E-state index is -0.681. The highest BCUT2D eigenvalue weighted by Gasteiger charge is 2.30. The standard InChI is InChI=1S/C24H38O5.C19H30O3/c1-9-22(28-23(25)29-24(5,6)7)21(15-10-17(2)3)18(4)27-16-19-11-13-20(26-8)14-12-19;1-6-19(20)18(12-7-14(2)3)15(4)22-13-16-8-10-17(21-5)11-9-16/h9,11-14,17-18,21-22H,1,10,15-16H2,2-8H3;6,8-11,14-15,18-20H,1,7,12-13H2,2-5H3/t18-,21-,22+;15-,18-,19+/m00/s1. The molecule has 6 atom stereocenters. The lowest BCUT2D eigenvalue weighted by Gasteiger charge is -2.31. The summed E-state index contributed by atoms with van der Waals surface area (Å²) in [5, 5.41) is 10.2. The number of carbonyl (C=O) groups is 1. The third-order valence-corrected chi connectivity index (χ3v) is 8.66. The van der Waals surface area contributed by atoms with Gasteiger partial charge < -0.3 is 33.5 Å². The van der Waals surface area contributed by atoms with Gasteiger partial charge in [-0.3, -0.25) is 0 Å². The summed E-state index contributed by atoms with van der Waals surface area (Å²) in [5.74, 6) is 2.88. The fourth-order valence-electron chi connectivity index (χ4n) is 5.42. The molecular weight excluding hydrogens is 644 g/mol. The van der Waals surface area contributed by atoms with Gasteiger partial charge in [-0.15, -0.1) is 6.58 Å². The second-order valence-corrected chi connectivity index (χ2v) is 15.0. The van der Waals surface area contributed by atoms with Crippen LogP contribution in [0, 0.1) is 23.7 Å². The molecule has 2 aromatic carbocycles. The zero-order valence-electron chi connectivity index (χ0n) is 33.4. The first-order valence-electron chi connectivity index (χ1n) is 18.3. The van der Waals surface area contributed by atoms with Crippen LogP contribution < -0.4 is 9.47 Å². The molecule has 8 nitrogen and oxygen atoms in total. The van der Waals surface area contributed by atoms with Crippen LogP contribution in [0.2, 0.25) is 0 Å². The molecule has 0 fully saturated rings. The second kappa shape index (κ2) is 24.0. The Labute approximate surface area is 309 Å². The summed E-state index contributed by atoms with van der Waals surface area (Å²) in [5.41, 5.74) is 1.55. The highest BCUT2D eigenvalue weighted by Crippen LogP contribution is 2.27. The van der Waals surface area contributed by atoms with Gasteiger partial charge in [-0.2, -0.15) is 0 Å². The number of hydrogen-bond acceptors (Lipinski definition) is 8. The molecule has 2 aromatic rings. The van der Waals surface area contributed by atoms with Crippen molar-refractivity contribution in [1.29, 1.82) is 0 Å². The van der Waals surface area contributed by atoms with E-state index < -0.39 is 24.0 Å². The minimum absolute atomic E-state index is 0.0133. The van der Waals surface area contributed by atoms with Crippen molar-refractivity contribution in [3.8, 4) is 11.5 Å². The number of benzene rings is 2. The number of methoxy groups -OCH3 is 2. The number of carbonyl (C=O) groups excluding carboxylic acids is 1. The molecule has 0 unspecified atom stereocenters. The predicted molar refractivity (Wildman–Crippen MR) is 207 cm³/mol. The van der Waals surface area contributed by atoms with Crippen LogP contribution in [0.25, 0.3) is 0 Å². The van der Waals surface area contributed by atoms with E-state index in [1.165, 1.54) is 0 Å². The van der Waals surface area contributed by atoms with Crippen molar-refractivity contribution in [1.82, 2.24) is 0 Å². The first-order valence-corrected chi connectivity index (χ1v) is 18.3. The van der Waals surface area contributed by atoms with Gasteiger partial charge in [-0.05, 0) is 94.7 Å². The maximum Gasteiger partial charge on any atom is 0.509 e. The van der Waals surface area contributed by atoms with Crippen LogP contribution >= 0.6 is 0 Å². The van der Waals surface area contributed by atoms with Gasteiger partial charge in [-0.1, -0.05) is 83.5 Å². The number of ether oxygens (including phenoxy) is 6. The molecule has 1 N–H and O–H groups in total. The Morgan fingerprint density at radius 1 is 0.686 bits per heavy atom. The summed E-state index contributed by atoms with van der Waals surface area (Å²) < 4.78 is 33.4. The highest BCUT2D eigenvalue weighted by atomic mass is 16.7. The smallest absolute Gasteiger partial charge is 0.497 e. The maximum absolute atomic E-state index is 12.2. The lowest BCUT2D eigenvalue weighted by molar-refractivity contribution is -0.0616. The molecule has 2 rings (SSSR count). The summed E-state index contributed by atoms with van der Waals surface area (Å²) in [7, 11) is 3.30. The fourth-order valence-corrected chi connectivity index (χ4v) is 5.42. The van der Waals surface area contributed by atoms with Crippen LogP contribution in [0.3, 0.4) is 0 Å². The van der Waals surface area contributed by atoms with E-state index in [9.17, 15) is 9.90 Å². The number of aliphatic hydroxyl groups is 1. The van der Waals surface area contributed by atoms with E-state index in [4.69, 9.17) is 28.4 Å². The Morgan fingerprint density at radius 2 is 1.10 bits per heavy atom. The van der Waals surface area contributed by atoms with Gasteiger partial charge >= 0.3 is 6.16 Å². The zero-order valence-corrected chi connectivity index (χ0v) is 33.4. The molecule has 0 radical (unpaired) electrons. The molecule has 0 heterocycles. The van der Waals surface area contributed by atoms with Crippen LogP contribution in [0.1, 0.15) is 99.1 Å². The molecular formula is C43H68O8. The van der Waals surface area contributed by atoms with E-state index in [-0.39, 0.29) is 24.0 Å². The van der Waals surface area contributed by atoms with Gasteiger partial charge in [-0.25, -0.2) is 4.79 Å². The SMILES string of the molecule is C=C[C@@H](O)[C@@H](CCC(C)C)[C@H](C)OCc1ccc(OC)cc1.C=C[C@@H](OC(=O)OC(C)(C)C)[C@@H](CCC(C)C)[C@H](C)OCc1ccc(OC)cc1. The third-order valence-electron chi connectivity index (χ3n) is 8.66.